The van der Waals surface area contributed by atoms with Gasteiger partial charge in [0.15, 0.2) is 5.78 Å². The van der Waals surface area contributed by atoms with Gasteiger partial charge in [-0.25, -0.2) is 4.98 Å². The molecule has 4 rings (SSSR count). The van der Waals surface area contributed by atoms with Crippen molar-refractivity contribution in [1.82, 2.24) is 9.88 Å². The fourth-order valence-corrected chi connectivity index (χ4v) is 3.86. The number of rotatable bonds is 5. The van der Waals surface area contributed by atoms with Gasteiger partial charge in [-0.3, -0.25) is 9.69 Å². The van der Waals surface area contributed by atoms with Crippen LogP contribution in [-0.4, -0.2) is 28.8 Å². The van der Waals surface area contributed by atoms with E-state index in [1.807, 2.05) is 49.4 Å². The molecule has 1 unspecified atom stereocenters. The quantitative estimate of drug-likeness (QED) is 0.586. The van der Waals surface area contributed by atoms with Crippen LogP contribution in [0.1, 0.15) is 40.2 Å². The minimum atomic E-state index is 0.0555. The summed E-state index contributed by atoms with van der Waals surface area (Å²) in [6.45, 7) is 6.53. The number of ketones is 1. The van der Waals surface area contributed by atoms with E-state index in [1.165, 1.54) is 5.56 Å². The molecule has 1 aromatic heterocycles. The molecule has 0 spiro atoms. The highest BCUT2D eigenvalue weighted by atomic mass is 16.4. The lowest BCUT2D eigenvalue weighted by molar-refractivity contribution is 0.0810. The molecule has 0 N–H and O–H groups in total. The van der Waals surface area contributed by atoms with Crippen LogP contribution in [0.5, 0.6) is 0 Å². The van der Waals surface area contributed by atoms with E-state index in [9.17, 15) is 4.79 Å². The van der Waals surface area contributed by atoms with Gasteiger partial charge in [0.05, 0.1) is 5.69 Å². The number of benzene rings is 2. The highest BCUT2D eigenvalue weighted by Crippen LogP contribution is 2.26. The maximum atomic E-state index is 12.8. The van der Waals surface area contributed by atoms with Gasteiger partial charge in [-0.15, -0.1) is 0 Å². The second kappa shape index (κ2) is 8.11. The van der Waals surface area contributed by atoms with Crippen molar-refractivity contribution >= 4 is 5.78 Å². The number of oxazole rings is 1. The largest absolute Gasteiger partial charge is 0.441 e. The van der Waals surface area contributed by atoms with Crippen LogP contribution in [0.15, 0.2) is 59.0 Å². The van der Waals surface area contributed by atoms with Crippen LogP contribution in [0.25, 0.3) is 11.5 Å². The van der Waals surface area contributed by atoms with Crippen molar-refractivity contribution in [3.8, 4) is 11.5 Å². The van der Waals surface area contributed by atoms with Crippen molar-refractivity contribution in [2.24, 2.45) is 5.92 Å². The Balaban J connectivity index is 1.45. The summed E-state index contributed by atoms with van der Waals surface area (Å²) in [5.41, 5.74) is 3.99. The Hall–Kier alpha value is -2.72. The number of hydrogen-bond acceptors (Lipinski definition) is 4. The van der Waals surface area contributed by atoms with Gasteiger partial charge in [0.2, 0.25) is 5.89 Å². The molecule has 3 aromatic rings. The standard InChI is InChI=1S/C24H26N2O2/c1-17-10-12-20(13-11-17)24-25-22(18(2)28-24)16-26-14-6-9-21(15-26)23(27)19-7-4-3-5-8-19/h3-5,7-8,10-13,21H,6,9,14-16H2,1-2H3. The number of carbonyl (C=O) groups excluding carboxylic acids is 1. The molecule has 4 nitrogen and oxygen atoms in total. The summed E-state index contributed by atoms with van der Waals surface area (Å²) < 4.78 is 5.92. The Kier molecular flexibility index (Phi) is 5.40. The highest BCUT2D eigenvalue weighted by Gasteiger charge is 2.27. The molecule has 0 bridgehead atoms. The first-order valence-electron chi connectivity index (χ1n) is 9.95. The Morgan fingerprint density at radius 3 is 2.61 bits per heavy atom. The van der Waals surface area contributed by atoms with Crippen LogP contribution in [-0.2, 0) is 6.54 Å². The number of aryl methyl sites for hydroxylation is 2. The van der Waals surface area contributed by atoms with Crippen LogP contribution in [0.4, 0.5) is 0 Å². The SMILES string of the molecule is Cc1ccc(-c2nc(CN3CCCC(C(=O)c4ccccc4)C3)c(C)o2)cc1. The van der Waals surface area contributed by atoms with Gasteiger partial charge in [0.25, 0.3) is 0 Å². The molecular formula is C24H26N2O2. The van der Waals surface area contributed by atoms with Gasteiger partial charge in [-0.05, 0) is 45.4 Å². The van der Waals surface area contributed by atoms with Crippen molar-refractivity contribution in [2.45, 2.75) is 33.2 Å². The minimum absolute atomic E-state index is 0.0555. The van der Waals surface area contributed by atoms with Gasteiger partial charge in [-0.1, -0.05) is 48.0 Å². The summed E-state index contributed by atoms with van der Waals surface area (Å²) in [6, 6.07) is 17.9. The molecule has 1 aliphatic heterocycles. The van der Waals surface area contributed by atoms with Crippen LogP contribution >= 0.6 is 0 Å². The molecule has 0 aliphatic carbocycles. The molecule has 0 saturated carbocycles. The average Bonchev–Trinajstić information content (AvgIpc) is 3.09. The lowest BCUT2D eigenvalue weighted by Crippen LogP contribution is -2.38. The molecule has 1 saturated heterocycles. The fourth-order valence-electron chi connectivity index (χ4n) is 3.86. The van der Waals surface area contributed by atoms with Gasteiger partial charge < -0.3 is 4.42 Å². The number of hydrogen-bond donors (Lipinski definition) is 0. The molecule has 1 atom stereocenters. The van der Waals surface area contributed by atoms with E-state index in [-0.39, 0.29) is 11.7 Å². The number of likely N-dealkylation sites (tertiary alicyclic amines) is 1. The van der Waals surface area contributed by atoms with Crippen molar-refractivity contribution in [2.75, 3.05) is 13.1 Å². The molecule has 1 fully saturated rings. The van der Waals surface area contributed by atoms with Crippen molar-refractivity contribution in [1.29, 1.82) is 0 Å². The maximum absolute atomic E-state index is 12.8. The van der Waals surface area contributed by atoms with Gasteiger partial charge in [0, 0.05) is 30.1 Å². The van der Waals surface area contributed by atoms with Crippen LogP contribution in [0.3, 0.4) is 0 Å². The number of aromatic nitrogens is 1. The summed E-state index contributed by atoms with van der Waals surface area (Å²) in [4.78, 5) is 19.9. The van der Waals surface area contributed by atoms with Gasteiger partial charge >= 0.3 is 0 Å². The average molecular weight is 374 g/mol. The van der Waals surface area contributed by atoms with E-state index in [2.05, 4.69) is 24.0 Å². The second-order valence-electron chi connectivity index (χ2n) is 7.69. The third-order valence-corrected chi connectivity index (χ3v) is 5.50. The van der Waals surface area contributed by atoms with Gasteiger partial charge in [0.1, 0.15) is 5.76 Å². The number of Topliss-reactive ketones (excluding diaryl/α,β-unsaturated/α-hetero) is 1. The molecular weight excluding hydrogens is 348 g/mol. The van der Waals surface area contributed by atoms with Crippen LogP contribution < -0.4 is 0 Å². The highest BCUT2D eigenvalue weighted by molar-refractivity contribution is 5.98. The number of carbonyl (C=O) groups is 1. The predicted octanol–water partition coefficient (Wildman–Crippen LogP) is 5.05. The van der Waals surface area contributed by atoms with E-state index in [4.69, 9.17) is 9.40 Å². The van der Waals surface area contributed by atoms with E-state index in [1.54, 1.807) is 0 Å². The predicted molar refractivity (Wildman–Crippen MR) is 110 cm³/mol. The minimum Gasteiger partial charge on any atom is -0.441 e. The zero-order valence-electron chi connectivity index (χ0n) is 16.5. The first-order chi connectivity index (χ1) is 13.6. The van der Waals surface area contributed by atoms with Crippen molar-refractivity contribution in [3.63, 3.8) is 0 Å². The second-order valence-corrected chi connectivity index (χ2v) is 7.69. The lowest BCUT2D eigenvalue weighted by Gasteiger charge is -2.31. The monoisotopic (exact) mass is 374 g/mol. The number of nitrogens with zero attached hydrogens (tertiary/aromatic N) is 2. The number of piperidine rings is 1. The normalized spacial score (nSPS) is 17.6. The Labute approximate surface area is 166 Å². The molecule has 0 amide bonds. The summed E-state index contributed by atoms with van der Waals surface area (Å²) in [5.74, 6) is 1.83. The van der Waals surface area contributed by atoms with Gasteiger partial charge in [-0.2, -0.15) is 0 Å². The fraction of sp³-hybridized carbons (Fsp3) is 0.333. The molecule has 28 heavy (non-hydrogen) atoms. The molecule has 144 valence electrons. The molecule has 4 heteroatoms. The van der Waals surface area contributed by atoms with Crippen LogP contribution in [0, 0.1) is 19.8 Å². The van der Waals surface area contributed by atoms with E-state index in [0.29, 0.717) is 5.89 Å². The first kappa shape index (κ1) is 18.6. The van der Waals surface area contributed by atoms with E-state index in [0.717, 1.165) is 55.1 Å². The molecule has 0 radical (unpaired) electrons. The zero-order chi connectivity index (χ0) is 19.5. The van der Waals surface area contributed by atoms with Crippen molar-refractivity contribution in [3.05, 3.63) is 77.2 Å². The molecule has 2 heterocycles. The van der Waals surface area contributed by atoms with Crippen molar-refractivity contribution < 1.29 is 9.21 Å². The summed E-state index contributed by atoms with van der Waals surface area (Å²) in [6.07, 6.45) is 1.99. The molecule has 1 aliphatic rings. The third-order valence-electron chi connectivity index (χ3n) is 5.50. The Bertz CT molecular complexity index is 944. The summed E-state index contributed by atoms with van der Waals surface area (Å²) >= 11 is 0. The Morgan fingerprint density at radius 2 is 1.86 bits per heavy atom. The third kappa shape index (κ3) is 4.07. The summed E-state index contributed by atoms with van der Waals surface area (Å²) in [7, 11) is 0. The first-order valence-corrected chi connectivity index (χ1v) is 9.95. The molecule has 2 aromatic carbocycles. The van der Waals surface area contributed by atoms with E-state index < -0.39 is 0 Å². The maximum Gasteiger partial charge on any atom is 0.226 e. The lowest BCUT2D eigenvalue weighted by atomic mass is 9.90. The Morgan fingerprint density at radius 1 is 1.11 bits per heavy atom. The van der Waals surface area contributed by atoms with E-state index >= 15 is 0 Å². The zero-order valence-corrected chi connectivity index (χ0v) is 16.5. The smallest absolute Gasteiger partial charge is 0.226 e. The topological polar surface area (TPSA) is 46.3 Å². The summed E-state index contributed by atoms with van der Waals surface area (Å²) in [5, 5.41) is 0. The van der Waals surface area contributed by atoms with Crippen LogP contribution in [0.2, 0.25) is 0 Å².